The fourth-order valence-corrected chi connectivity index (χ4v) is 3.13. The van der Waals surface area contributed by atoms with E-state index in [0.29, 0.717) is 30.4 Å². The maximum Gasteiger partial charge on any atom is 0.501 e. The van der Waals surface area contributed by atoms with Crippen molar-refractivity contribution in [3.05, 3.63) is 48.0 Å². The Balaban J connectivity index is 1.76. The minimum atomic E-state index is -5.45. The van der Waals surface area contributed by atoms with Gasteiger partial charge in [0.2, 0.25) is 0 Å². The molecule has 144 valence electrons. The Bertz CT molecular complexity index is 956. The minimum Gasteiger partial charge on any atom is -0.490 e. The summed E-state index contributed by atoms with van der Waals surface area (Å²) in [7, 11) is -5.45. The predicted octanol–water partition coefficient (Wildman–Crippen LogP) is 3.39. The van der Waals surface area contributed by atoms with Gasteiger partial charge in [-0.1, -0.05) is 0 Å². The van der Waals surface area contributed by atoms with Crippen LogP contribution in [-0.4, -0.2) is 33.0 Å². The van der Waals surface area contributed by atoms with Crippen LogP contribution in [0.25, 0.3) is 0 Å². The van der Waals surface area contributed by atoms with Crippen molar-refractivity contribution >= 4 is 21.4 Å². The summed E-state index contributed by atoms with van der Waals surface area (Å²) < 4.78 is 71.3. The lowest BCUT2D eigenvalue weighted by Gasteiger charge is -2.11. The number of nitrogens with one attached hydrogen (secondary N) is 1. The van der Waals surface area contributed by atoms with Crippen LogP contribution in [0.15, 0.2) is 47.4 Å². The summed E-state index contributed by atoms with van der Waals surface area (Å²) >= 11 is 0. The van der Waals surface area contributed by atoms with Crippen molar-refractivity contribution in [2.45, 2.75) is 16.8 Å². The number of benzene rings is 2. The van der Waals surface area contributed by atoms with E-state index in [0.717, 1.165) is 30.7 Å². The van der Waals surface area contributed by atoms with Crippen LogP contribution in [0, 0.1) is 0 Å². The summed E-state index contributed by atoms with van der Waals surface area (Å²) in [6.45, 7) is 0.991. The number of hydrogen-bond donors (Lipinski definition) is 1. The highest BCUT2D eigenvalue weighted by atomic mass is 32.2. The zero-order valence-electron chi connectivity index (χ0n) is 13.7. The summed E-state index contributed by atoms with van der Waals surface area (Å²) in [4.78, 5) is 11.3. The van der Waals surface area contributed by atoms with E-state index in [4.69, 9.17) is 9.47 Å². The molecule has 1 heterocycles. The molecular weight excluding hydrogens is 387 g/mol. The Morgan fingerprint density at radius 1 is 0.963 bits per heavy atom. The van der Waals surface area contributed by atoms with Crippen LogP contribution in [0.3, 0.4) is 0 Å². The number of fused-ring (bicyclic) bond motifs is 1. The van der Waals surface area contributed by atoms with Gasteiger partial charge in [0.1, 0.15) is 0 Å². The Labute approximate surface area is 152 Å². The lowest BCUT2D eigenvalue weighted by Crippen LogP contribution is -2.23. The van der Waals surface area contributed by atoms with Crippen molar-refractivity contribution in [1.29, 1.82) is 0 Å². The monoisotopic (exact) mass is 401 g/mol. The molecule has 0 bridgehead atoms. The molecule has 0 atom stereocenters. The normalized spacial score (nSPS) is 14.3. The second-order valence-corrected chi connectivity index (χ2v) is 7.58. The first kappa shape index (κ1) is 19.0. The molecule has 1 amide bonds. The Morgan fingerprint density at radius 2 is 1.59 bits per heavy atom. The van der Waals surface area contributed by atoms with Crippen molar-refractivity contribution in [3.63, 3.8) is 0 Å². The Morgan fingerprint density at radius 3 is 2.22 bits per heavy atom. The Hall–Kier alpha value is -2.75. The number of carbonyl (C=O) groups is 1. The molecule has 1 aliphatic heterocycles. The van der Waals surface area contributed by atoms with Gasteiger partial charge in [-0.3, -0.25) is 4.79 Å². The van der Waals surface area contributed by atoms with Gasteiger partial charge in [0.05, 0.1) is 18.1 Å². The lowest BCUT2D eigenvalue weighted by molar-refractivity contribution is -0.0436. The van der Waals surface area contributed by atoms with Crippen LogP contribution in [0.5, 0.6) is 11.5 Å². The molecule has 0 radical (unpaired) electrons. The molecule has 0 spiro atoms. The van der Waals surface area contributed by atoms with E-state index in [-0.39, 0.29) is 5.56 Å². The molecule has 1 aliphatic rings. The summed E-state index contributed by atoms with van der Waals surface area (Å²) in [6.07, 6.45) is 0.726. The standard InChI is InChI=1S/C17H14F3NO5S/c18-17(19,20)27(23,24)13-5-2-11(3-6-13)16(22)21-12-4-7-14-15(10-12)26-9-1-8-25-14/h2-7,10H,1,8-9H2,(H,21,22). The van der Waals surface area contributed by atoms with Crippen molar-refractivity contribution < 1.29 is 35.9 Å². The molecule has 2 aromatic rings. The van der Waals surface area contributed by atoms with Crippen molar-refractivity contribution in [2.24, 2.45) is 0 Å². The van der Waals surface area contributed by atoms with Crippen LogP contribution in [-0.2, 0) is 9.84 Å². The molecule has 0 fully saturated rings. The Kier molecular flexibility index (Phi) is 5.01. The molecule has 0 saturated carbocycles. The van der Waals surface area contributed by atoms with Gasteiger partial charge in [-0.05, 0) is 36.4 Å². The second kappa shape index (κ2) is 7.10. The molecule has 27 heavy (non-hydrogen) atoms. The molecule has 10 heteroatoms. The number of sulfone groups is 1. The van der Waals surface area contributed by atoms with E-state index >= 15 is 0 Å². The zero-order chi connectivity index (χ0) is 19.7. The van der Waals surface area contributed by atoms with Gasteiger partial charge < -0.3 is 14.8 Å². The SMILES string of the molecule is O=C(Nc1ccc2c(c1)OCCCO2)c1ccc(S(=O)(=O)C(F)(F)F)cc1. The number of ether oxygens (including phenoxy) is 2. The molecular formula is C17H14F3NO5S. The molecule has 6 nitrogen and oxygen atoms in total. The molecule has 1 N–H and O–H groups in total. The van der Waals surface area contributed by atoms with Gasteiger partial charge in [0.25, 0.3) is 15.7 Å². The average Bonchev–Trinajstić information content (AvgIpc) is 2.85. The summed E-state index contributed by atoms with van der Waals surface area (Å²) in [5.74, 6) is 0.407. The molecule has 0 unspecified atom stereocenters. The third-order valence-corrected chi connectivity index (χ3v) is 5.24. The number of halogens is 3. The van der Waals surface area contributed by atoms with Crippen molar-refractivity contribution in [3.8, 4) is 11.5 Å². The van der Waals surface area contributed by atoms with E-state index < -0.39 is 26.1 Å². The van der Waals surface area contributed by atoms with Crippen molar-refractivity contribution in [1.82, 2.24) is 0 Å². The zero-order valence-corrected chi connectivity index (χ0v) is 14.6. The lowest BCUT2D eigenvalue weighted by atomic mass is 10.2. The molecule has 0 saturated heterocycles. The number of amides is 1. The predicted molar refractivity (Wildman–Crippen MR) is 89.7 cm³/mol. The second-order valence-electron chi connectivity index (χ2n) is 5.64. The summed E-state index contributed by atoms with van der Waals surface area (Å²) in [5.41, 5.74) is -5.00. The summed E-state index contributed by atoms with van der Waals surface area (Å²) in [6, 6.07) is 8.30. The minimum absolute atomic E-state index is 0.00300. The van der Waals surface area contributed by atoms with Gasteiger partial charge in [0.15, 0.2) is 11.5 Å². The van der Waals surface area contributed by atoms with Gasteiger partial charge >= 0.3 is 5.51 Å². The number of anilines is 1. The van der Waals surface area contributed by atoms with Crippen LogP contribution in [0.2, 0.25) is 0 Å². The van der Waals surface area contributed by atoms with Gasteiger partial charge in [-0.25, -0.2) is 8.42 Å². The topological polar surface area (TPSA) is 81.7 Å². The molecule has 0 aromatic heterocycles. The van der Waals surface area contributed by atoms with Crippen LogP contribution >= 0.6 is 0 Å². The largest absolute Gasteiger partial charge is 0.501 e. The highest BCUT2D eigenvalue weighted by Gasteiger charge is 2.46. The number of carbonyl (C=O) groups excluding carboxylic acids is 1. The van der Waals surface area contributed by atoms with E-state index in [1.807, 2.05) is 0 Å². The summed E-state index contributed by atoms with van der Waals surface area (Å²) in [5, 5.41) is 2.57. The number of hydrogen-bond acceptors (Lipinski definition) is 5. The van der Waals surface area contributed by atoms with E-state index in [1.54, 1.807) is 18.2 Å². The fraction of sp³-hybridized carbons (Fsp3) is 0.235. The van der Waals surface area contributed by atoms with E-state index in [9.17, 15) is 26.4 Å². The first-order chi connectivity index (χ1) is 12.7. The highest BCUT2D eigenvalue weighted by Crippen LogP contribution is 2.33. The fourth-order valence-electron chi connectivity index (χ4n) is 2.36. The van der Waals surface area contributed by atoms with E-state index in [1.165, 1.54) is 0 Å². The van der Waals surface area contributed by atoms with Gasteiger partial charge in [-0.2, -0.15) is 13.2 Å². The molecule has 2 aromatic carbocycles. The number of alkyl halides is 3. The third-order valence-electron chi connectivity index (χ3n) is 3.74. The van der Waals surface area contributed by atoms with Gasteiger partial charge in [-0.15, -0.1) is 0 Å². The average molecular weight is 401 g/mol. The maximum absolute atomic E-state index is 12.5. The van der Waals surface area contributed by atoms with Crippen LogP contribution in [0.1, 0.15) is 16.8 Å². The first-order valence-electron chi connectivity index (χ1n) is 7.81. The van der Waals surface area contributed by atoms with Crippen LogP contribution < -0.4 is 14.8 Å². The third kappa shape index (κ3) is 4.00. The van der Waals surface area contributed by atoms with Crippen molar-refractivity contribution in [2.75, 3.05) is 18.5 Å². The van der Waals surface area contributed by atoms with E-state index in [2.05, 4.69) is 5.32 Å². The molecule has 3 rings (SSSR count). The quantitative estimate of drug-likeness (QED) is 0.853. The van der Waals surface area contributed by atoms with Crippen LogP contribution in [0.4, 0.5) is 18.9 Å². The molecule has 0 aliphatic carbocycles. The van der Waals surface area contributed by atoms with Gasteiger partial charge in [0, 0.05) is 23.7 Å². The smallest absolute Gasteiger partial charge is 0.490 e. The first-order valence-corrected chi connectivity index (χ1v) is 9.29. The number of rotatable bonds is 3. The highest BCUT2D eigenvalue weighted by molar-refractivity contribution is 7.92. The maximum atomic E-state index is 12.5.